The van der Waals surface area contributed by atoms with Crippen LogP contribution in [0.3, 0.4) is 0 Å². The van der Waals surface area contributed by atoms with E-state index < -0.39 is 22.3 Å². The van der Waals surface area contributed by atoms with Crippen LogP contribution in [0, 0.1) is 21.8 Å². The standard InChI is InChI=1S/C14H19FN2O3/c1-9(2)4-5-10(3)16-14(18)11-6-7-13(17(19)20)12(15)8-11/h6-10H,4-5H2,1-3H3,(H,16,18). The lowest BCUT2D eigenvalue weighted by Crippen LogP contribution is -2.32. The zero-order valence-electron chi connectivity index (χ0n) is 11.9. The average Bonchev–Trinajstić information content (AvgIpc) is 2.35. The molecule has 5 nitrogen and oxygen atoms in total. The molecule has 1 N–H and O–H groups in total. The van der Waals surface area contributed by atoms with Crippen molar-refractivity contribution in [3.63, 3.8) is 0 Å². The van der Waals surface area contributed by atoms with Crippen LogP contribution in [0.15, 0.2) is 18.2 Å². The molecular formula is C14H19FN2O3. The molecule has 0 bridgehead atoms. The van der Waals surface area contributed by atoms with E-state index in [9.17, 15) is 19.3 Å². The fourth-order valence-corrected chi connectivity index (χ4v) is 1.76. The Morgan fingerprint density at radius 3 is 2.50 bits per heavy atom. The first kappa shape index (κ1) is 16.1. The summed E-state index contributed by atoms with van der Waals surface area (Å²) >= 11 is 0. The number of nitro benzene ring substituents is 1. The Bertz CT molecular complexity index is 503. The van der Waals surface area contributed by atoms with E-state index in [0.717, 1.165) is 25.0 Å². The molecule has 0 radical (unpaired) electrons. The molecule has 1 amide bonds. The molecule has 20 heavy (non-hydrogen) atoms. The van der Waals surface area contributed by atoms with Gasteiger partial charge in [-0.05, 0) is 37.8 Å². The molecule has 0 heterocycles. The fourth-order valence-electron chi connectivity index (χ4n) is 1.76. The smallest absolute Gasteiger partial charge is 0.304 e. The highest BCUT2D eigenvalue weighted by molar-refractivity contribution is 5.94. The lowest BCUT2D eigenvalue weighted by Gasteiger charge is -2.15. The summed E-state index contributed by atoms with van der Waals surface area (Å²) in [6.07, 6.45) is 1.81. The molecule has 0 saturated carbocycles. The molecule has 0 aromatic heterocycles. The van der Waals surface area contributed by atoms with Crippen LogP contribution in [0.1, 0.15) is 44.0 Å². The Labute approximate surface area is 117 Å². The number of carbonyl (C=O) groups excluding carboxylic acids is 1. The molecule has 0 aliphatic rings. The number of nitro groups is 1. The van der Waals surface area contributed by atoms with Crippen molar-refractivity contribution in [1.29, 1.82) is 0 Å². The number of hydrogen-bond acceptors (Lipinski definition) is 3. The second kappa shape index (κ2) is 6.98. The van der Waals surface area contributed by atoms with Crippen LogP contribution in [0.25, 0.3) is 0 Å². The molecule has 0 spiro atoms. The van der Waals surface area contributed by atoms with Gasteiger partial charge in [0.1, 0.15) is 0 Å². The second-order valence-electron chi connectivity index (χ2n) is 5.27. The van der Waals surface area contributed by atoms with Crippen LogP contribution in [-0.2, 0) is 0 Å². The number of benzene rings is 1. The van der Waals surface area contributed by atoms with Gasteiger partial charge in [0.15, 0.2) is 0 Å². The van der Waals surface area contributed by atoms with E-state index in [1.54, 1.807) is 0 Å². The van der Waals surface area contributed by atoms with Gasteiger partial charge in [-0.15, -0.1) is 0 Å². The van der Waals surface area contributed by atoms with Crippen molar-refractivity contribution in [3.8, 4) is 0 Å². The first-order chi connectivity index (χ1) is 9.31. The van der Waals surface area contributed by atoms with Gasteiger partial charge in [-0.25, -0.2) is 0 Å². The predicted molar refractivity (Wildman–Crippen MR) is 74.1 cm³/mol. The van der Waals surface area contributed by atoms with Crippen molar-refractivity contribution in [2.45, 2.75) is 39.7 Å². The second-order valence-corrected chi connectivity index (χ2v) is 5.27. The van der Waals surface area contributed by atoms with Crippen LogP contribution < -0.4 is 5.32 Å². The number of nitrogens with one attached hydrogen (secondary N) is 1. The summed E-state index contributed by atoms with van der Waals surface area (Å²) in [5, 5.41) is 13.2. The Hall–Kier alpha value is -1.98. The molecule has 0 saturated heterocycles. The normalized spacial score (nSPS) is 12.2. The Kier molecular flexibility index (Phi) is 5.61. The van der Waals surface area contributed by atoms with Gasteiger partial charge in [0.05, 0.1) is 4.92 Å². The number of nitrogens with zero attached hydrogens (tertiary/aromatic N) is 1. The quantitative estimate of drug-likeness (QED) is 0.642. The number of carbonyl (C=O) groups is 1. The van der Waals surface area contributed by atoms with Crippen LogP contribution in [-0.4, -0.2) is 16.9 Å². The largest absolute Gasteiger partial charge is 0.350 e. The van der Waals surface area contributed by atoms with Crippen molar-refractivity contribution in [2.75, 3.05) is 0 Å². The highest BCUT2D eigenvalue weighted by atomic mass is 19.1. The third-order valence-corrected chi connectivity index (χ3v) is 2.96. The van der Waals surface area contributed by atoms with Crippen molar-refractivity contribution in [1.82, 2.24) is 5.32 Å². The molecular weight excluding hydrogens is 263 g/mol. The average molecular weight is 282 g/mol. The molecule has 1 aromatic carbocycles. The summed E-state index contributed by atoms with van der Waals surface area (Å²) in [6.45, 7) is 6.07. The minimum absolute atomic E-state index is 0.0249. The van der Waals surface area contributed by atoms with Crippen molar-refractivity contribution in [3.05, 3.63) is 39.7 Å². The molecule has 110 valence electrons. The maximum atomic E-state index is 13.4. The van der Waals surface area contributed by atoms with Crippen molar-refractivity contribution < 1.29 is 14.1 Å². The summed E-state index contributed by atoms with van der Waals surface area (Å²) in [4.78, 5) is 21.6. The third-order valence-electron chi connectivity index (χ3n) is 2.96. The van der Waals surface area contributed by atoms with E-state index in [-0.39, 0.29) is 11.6 Å². The Morgan fingerprint density at radius 2 is 2.00 bits per heavy atom. The van der Waals surface area contributed by atoms with Crippen LogP contribution in [0.4, 0.5) is 10.1 Å². The lowest BCUT2D eigenvalue weighted by molar-refractivity contribution is -0.387. The Morgan fingerprint density at radius 1 is 1.35 bits per heavy atom. The molecule has 6 heteroatoms. The van der Waals surface area contributed by atoms with Crippen LogP contribution in [0.2, 0.25) is 0 Å². The minimum atomic E-state index is -1.00. The van der Waals surface area contributed by atoms with Crippen LogP contribution in [0.5, 0.6) is 0 Å². The van der Waals surface area contributed by atoms with E-state index in [4.69, 9.17) is 0 Å². The van der Waals surface area contributed by atoms with Crippen molar-refractivity contribution in [2.24, 2.45) is 5.92 Å². The summed E-state index contributed by atoms with van der Waals surface area (Å²) < 4.78 is 13.4. The van der Waals surface area contributed by atoms with Gasteiger partial charge in [-0.1, -0.05) is 13.8 Å². The maximum Gasteiger partial charge on any atom is 0.304 e. The number of hydrogen-bond donors (Lipinski definition) is 1. The minimum Gasteiger partial charge on any atom is -0.350 e. The van der Waals surface area contributed by atoms with E-state index in [0.29, 0.717) is 5.92 Å². The molecule has 0 aliphatic heterocycles. The topological polar surface area (TPSA) is 72.2 Å². The molecule has 1 atom stereocenters. The summed E-state index contributed by atoms with van der Waals surface area (Å²) in [5.41, 5.74) is -0.543. The Balaban J connectivity index is 2.68. The van der Waals surface area contributed by atoms with E-state index in [2.05, 4.69) is 19.2 Å². The first-order valence-corrected chi connectivity index (χ1v) is 6.56. The van der Waals surface area contributed by atoms with Gasteiger partial charge in [0.25, 0.3) is 5.91 Å². The molecule has 0 aliphatic carbocycles. The van der Waals surface area contributed by atoms with Crippen molar-refractivity contribution >= 4 is 11.6 Å². The summed E-state index contributed by atoms with van der Waals surface area (Å²) in [7, 11) is 0. The molecule has 1 aromatic rings. The monoisotopic (exact) mass is 282 g/mol. The highest BCUT2D eigenvalue weighted by Gasteiger charge is 2.17. The summed E-state index contributed by atoms with van der Waals surface area (Å²) in [6, 6.07) is 3.13. The zero-order valence-corrected chi connectivity index (χ0v) is 11.9. The summed E-state index contributed by atoms with van der Waals surface area (Å²) in [5.74, 6) is -0.876. The van der Waals surface area contributed by atoms with Gasteiger partial charge < -0.3 is 5.32 Å². The highest BCUT2D eigenvalue weighted by Crippen LogP contribution is 2.18. The van der Waals surface area contributed by atoms with Gasteiger partial charge >= 0.3 is 5.69 Å². The number of amides is 1. The van der Waals surface area contributed by atoms with E-state index >= 15 is 0 Å². The number of halogens is 1. The fraction of sp³-hybridized carbons (Fsp3) is 0.500. The lowest BCUT2D eigenvalue weighted by atomic mass is 10.0. The number of rotatable bonds is 6. The van der Waals surface area contributed by atoms with E-state index in [1.165, 1.54) is 6.07 Å². The van der Waals surface area contributed by atoms with E-state index in [1.807, 2.05) is 6.92 Å². The molecule has 1 unspecified atom stereocenters. The van der Waals surface area contributed by atoms with Gasteiger partial charge in [-0.3, -0.25) is 14.9 Å². The SMILES string of the molecule is CC(C)CCC(C)NC(=O)c1ccc([N+](=O)[O-])c(F)c1. The molecule has 0 fully saturated rings. The predicted octanol–water partition coefficient (Wildman–Crippen LogP) is 3.29. The van der Waals surface area contributed by atoms with Gasteiger partial charge in [0, 0.05) is 17.7 Å². The van der Waals surface area contributed by atoms with Gasteiger partial charge in [0.2, 0.25) is 5.82 Å². The van der Waals surface area contributed by atoms with Gasteiger partial charge in [-0.2, -0.15) is 4.39 Å². The van der Waals surface area contributed by atoms with Crippen LogP contribution >= 0.6 is 0 Å². The zero-order chi connectivity index (χ0) is 15.3. The first-order valence-electron chi connectivity index (χ1n) is 6.56. The third kappa shape index (κ3) is 4.60. The maximum absolute atomic E-state index is 13.4. The molecule has 1 rings (SSSR count).